The number of anilines is 1. The summed E-state index contributed by atoms with van der Waals surface area (Å²) < 4.78 is 5.12. The summed E-state index contributed by atoms with van der Waals surface area (Å²) in [5.74, 6) is -2.15. The summed E-state index contributed by atoms with van der Waals surface area (Å²) in [6.07, 6.45) is 4.49. The third-order valence-electron chi connectivity index (χ3n) is 6.25. The van der Waals surface area contributed by atoms with Crippen LogP contribution in [0, 0.1) is 17.8 Å². The van der Waals surface area contributed by atoms with E-state index in [0.717, 1.165) is 5.56 Å². The fourth-order valence-electron chi connectivity index (χ4n) is 4.47. The van der Waals surface area contributed by atoms with E-state index >= 15 is 0 Å². The summed E-state index contributed by atoms with van der Waals surface area (Å²) in [7, 11) is 0. The lowest BCUT2D eigenvalue weighted by molar-refractivity contribution is -0.125. The maximum Gasteiger partial charge on any atom is 0.338 e. The zero-order valence-corrected chi connectivity index (χ0v) is 18.6. The number of fused-ring (bicyclic) bond motifs is 1. The second-order valence-electron chi connectivity index (χ2n) is 8.49. The minimum absolute atomic E-state index is 0.00945. The van der Waals surface area contributed by atoms with Gasteiger partial charge in [-0.05, 0) is 49.1 Å². The molecule has 1 N–H and O–H groups in total. The first-order chi connectivity index (χ1) is 15.9. The van der Waals surface area contributed by atoms with E-state index in [4.69, 9.17) is 4.74 Å². The van der Waals surface area contributed by atoms with E-state index in [2.05, 4.69) is 5.32 Å². The number of esters is 1. The molecule has 0 unspecified atom stereocenters. The number of carbonyl (C=O) groups excluding carboxylic acids is 4. The van der Waals surface area contributed by atoms with E-state index in [-0.39, 0.29) is 41.2 Å². The Bertz CT molecular complexity index is 1090. The smallest absolute Gasteiger partial charge is 0.338 e. The van der Waals surface area contributed by atoms with Crippen LogP contribution in [0.4, 0.5) is 5.69 Å². The number of carbonyl (C=O) groups is 4. The van der Waals surface area contributed by atoms with Gasteiger partial charge >= 0.3 is 5.97 Å². The fraction of sp³-hybridized carbons (Fsp3) is 0.308. The predicted molar refractivity (Wildman–Crippen MR) is 122 cm³/mol. The molecular weight excluding hydrogens is 420 g/mol. The zero-order chi connectivity index (χ0) is 23.5. The molecule has 2 aromatic carbocycles. The number of allylic oxidation sites excluding steroid dienone is 2. The Morgan fingerprint density at radius 2 is 1.76 bits per heavy atom. The second-order valence-corrected chi connectivity index (χ2v) is 8.49. The van der Waals surface area contributed by atoms with Gasteiger partial charge in [-0.2, -0.15) is 0 Å². The van der Waals surface area contributed by atoms with Crippen LogP contribution < -0.4 is 10.2 Å². The first kappa shape index (κ1) is 22.5. The van der Waals surface area contributed by atoms with Gasteiger partial charge in [0.25, 0.3) is 5.91 Å². The number of amides is 3. The molecule has 4 atom stereocenters. The van der Waals surface area contributed by atoms with Gasteiger partial charge in [-0.1, -0.05) is 49.4 Å². The Hall–Kier alpha value is -3.74. The zero-order valence-electron chi connectivity index (χ0n) is 18.6. The van der Waals surface area contributed by atoms with Gasteiger partial charge in [-0.15, -0.1) is 0 Å². The highest BCUT2D eigenvalue weighted by Gasteiger charge is 2.50. The molecule has 4 rings (SSSR count). The number of ether oxygens (including phenoxy) is 1. The molecule has 2 aromatic rings. The lowest BCUT2D eigenvalue weighted by Gasteiger charge is -2.22. The second kappa shape index (κ2) is 9.40. The van der Waals surface area contributed by atoms with E-state index < -0.39 is 18.5 Å². The van der Waals surface area contributed by atoms with Gasteiger partial charge in [0, 0.05) is 0 Å². The number of imide groups is 1. The molecule has 7 nitrogen and oxygen atoms in total. The van der Waals surface area contributed by atoms with Crippen LogP contribution in [0.2, 0.25) is 0 Å². The molecule has 0 saturated carbocycles. The Labute approximate surface area is 192 Å². The molecule has 1 heterocycles. The Balaban J connectivity index is 1.34. The van der Waals surface area contributed by atoms with Gasteiger partial charge in [-0.3, -0.25) is 19.3 Å². The largest absolute Gasteiger partial charge is 0.452 e. The van der Waals surface area contributed by atoms with Crippen molar-refractivity contribution in [1.29, 1.82) is 0 Å². The maximum atomic E-state index is 12.9. The predicted octanol–water partition coefficient (Wildman–Crippen LogP) is 3.42. The fourth-order valence-corrected chi connectivity index (χ4v) is 4.47. The molecular formula is C26H26N2O5. The number of rotatable bonds is 6. The van der Waals surface area contributed by atoms with Crippen LogP contribution in [-0.4, -0.2) is 30.3 Å². The van der Waals surface area contributed by atoms with Crippen LogP contribution in [-0.2, 0) is 19.1 Å². The number of benzene rings is 2. The molecule has 1 saturated heterocycles. The SMILES string of the molecule is C[C@H](NC(=O)COC(=O)c1ccc(N2C(=O)[C@@H]3[C@H](C)C=CC[C@H]3C2=O)cc1)c1ccccc1. The molecule has 170 valence electrons. The van der Waals surface area contributed by atoms with Crippen LogP contribution >= 0.6 is 0 Å². The first-order valence-electron chi connectivity index (χ1n) is 11.0. The quantitative estimate of drug-likeness (QED) is 0.417. The van der Waals surface area contributed by atoms with Gasteiger partial charge in [0.2, 0.25) is 11.8 Å². The van der Waals surface area contributed by atoms with Crippen LogP contribution in [0.15, 0.2) is 66.7 Å². The van der Waals surface area contributed by atoms with Gasteiger partial charge < -0.3 is 10.1 Å². The average molecular weight is 447 g/mol. The highest BCUT2D eigenvalue weighted by Crippen LogP contribution is 2.40. The monoisotopic (exact) mass is 446 g/mol. The third-order valence-corrected chi connectivity index (χ3v) is 6.25. The molecule has 0 spiro atoms. The van der Waals surface area contributed by atoms with Crippen molar-refractivity contribution in [1.82, 2.24) is 5.32 Å². The lowest BCUT2D eigenvalue weighted by atomic mass is 9.78. The molecule has 33 heavy (non-hydrogen) atoms. The van der Waals surface area contributed by atoms with Crippen molar-refractivity contribution in [3.05, 3.63) is 77.9 Å². The van der Waals surface area contributed by atoms with Crippen LogP contribution in [0.25, 0.3) is 0 Å². The third kappa shape index (κ3) is 4.58. The number of nitrogens with one attached hydrogen (secondary N) is 1. The molecule has 1 fully saturated rings. The van der Waals surface area contributed by atoms with E-state index in [0.29, 0.717) is 12.1 Å². The molecule has 1 aliphatic carbocycles. The van der Waals surface area contributed by atoms with Crippen molar-refractivity contribution in [2.24, 2.45) is 17.8 Å². The van der Waals surface area contributed by atoms with Crippen molar-refractivity contribution < 1.29 is 23.9 Å². The minimum Gasteiger partial charge on any atom is -0.452 e. The Morgan fingerprint density at radius 1 is 1.06 bits per heavy atom. The summed E-state index contributed by atoms with van der Waals surface area (Å²) in [5.41, 5.74) is 1.61. The van der Waals surface area contributed by atoms with Crippen molar-refractivity contribution >= 4 is 29.4 Å². The van der Waals surface area contributed by atoms with Crippen LogP contribution in [0.1, 0.15) is 42.2 Å². The van der Waals surface area contributed by atoms with Gasteiger partial charge in [0.1, 0.15) is 0 Å². The van der Waals surface area contributed by atoms with E-state index in [1.54, 1.807) is 12.1 Å². The summed E-state index contributed by atoms with van der Waals surface area (Å²) in [6, 6.07) is 15.4. The number of nitrogens with zero attached hydrogens (tertiary/aromatic N) is 1. The standard InChI is InChI=1S/C26H26N2O5/c1-16-7-6-10-21-23(16)25(31)28(24(21)30)20-13-11-19(12-14-20)26(32)33-15-22(29)27-17(2)18-8-4-3-5-9-18/h3-9,11-14,16-17,21,23H,10,15H2,1-2H3,(H,27,29)/t16-,17+,21-,23-/m1/s1. The molecule has 3 amide bonds. The molecule has 7 heteroatoms. The summed E-state index contributed by atoms with van der Waals surface area (Å²) in [6.45, 7) is 3.38. The lowest BCUT2D eigenvalue weighted by Crippen LogP contribution is -2.31. The molecule has 0 radical (unpaired) electrons. The highest BCUT2D eigenvalue weighted by molar-refractivity contribution is 6.22. The first-order valence-corrected chi connectivity index (χ1v) is 11.0. The van der Waals surface area contributed by atoms with Gasteiger partial charge in [0.15, 0.2) is 6.61 Å². The maximum absolute atomic E-state index is 12.9. The number of hydrogen-bond donors (Lipinski definition) is 1. The topological polar surface area (TPSA) is 92.8 Å². The highest BCUT2D eigenvalue weighted by atomic mass is 16.5. The van der Waals surface area contributed by atoms with E-state index in [9.17, 15) is 19.2 Å². The van der Waals surface area contributed by atoms with Crippen molar-refractivity contribution in [3.8, 4) is 0 Å². The van der Waals surface area contributed by atoms with Crippen LogP contribution in [0.3, 0.4) is 0 Å². The minimum atomic E-state index is -0.658. The van der Waals surface area contributed by atoms with Crippen molar-refractivity contribution in [2.45, 2.75) is 26.3 Å². The molecule has 0 aromatic heterocycles. The van der Waals surface area contributed by atoms with E-state index in [1.165, 1.54) is 17.0 Å². The van der Waals surface area contributed by atoms with E-state index in [1.807, 2.05) is 56.3 Å². The van der Waals surface area contributed by atoms with Gasteiger partial charge in [-0.25, -0.2) is 4.79 Å². The Kier molecular flexibility index (Phi) is 6.40. The molecule has 2 aliphatic rings. The molecule has 1 aliphatic heterocycles. The van der Waals surface area contributed by atoms with Crippen LogP contribution in [0.5, 0.6) is 0 Å². The molecule has 0 bridgehead atoms. The summed E-state index contributed by atoms with van der Waals surface area (Å²) in [5, 5.41) is 2.78. The normalized spacial score (nSPS) is 22.6. The van der Waals surface area contributed by atoms with Gasteiger partial charge in [0.05, 0.1) is 29.1 Å². The number of hydrogen-bond acceptors (Lipinski definition) is 5. The Morgan fingerprint density at radius 3 is 2.42 bits per heavy atom. The average Bonchev–Trinajstić information content (AvgIpc) is 3.09. The van der Waals surface area contributed by atoms with Crippen molar-refractivity contribution in [3.63, 3.8) is 0 Å². The summed E-state index contributed by atoms with van der Waals surface area (Å²) >= 11 is 0. The van der Waals surface area contributed by atoms with Crippen molar-refractivity contribution in [2.75, 3.05) is 11.5 Å². The summed E-state index contributed by atoms with van der Waals surface area (Å²) in [4.78, 5) is 51.4.